The van der Waals surface area contributed by atoms with E-state index in [1.54, 1.807) is 18.2 Å². The number of nitrogens with one attached hydrogen (secondary N) is 1. The number of imide groups is 1. The lowest BCUT2D eigenvalue weighted by Crippen LogP contribution is -2.52. The number of rotatable bonds is 4. The highest BCUT2D eigenvalue weighted by atomic mass is 16.2. The topological polar surface area (TPSA) is 113 Å². The van der Waals surface area contributed by atoms with Crippen LogP contribution < -0.4 is 11.1 Å². The Hall–Kier alpha value is -2.74. The van der Waals surface area contributed by atoms with Crippen LogP contribution in [0.2, 0.25) is 0 Å². The van der Waals surface area contributed by atoms with Gasteiger partial charge in [-0.3, -0.25) is 24.5 Å². The number of benzene rings is 1. The molecule has 3 N–H and O–H groups in total. The first-order chi connectivity index (χ1) is 14.0. The van der Waals surface area contributed by atoms with Gasteiger partial charge in [-0.15, -0.1) is 0 Å². The Kier molecular flexibility index (Phi) is 5.36. The van der Waals surface area contributed by atoms with Crippen molar-refractivity contribution in [2.45, 2.75) is 57.2 Å². The lowest BCUT2D eigenvalue weighted by molar-refractivity contribution is -0.136. The molecule has 4 amide bonds. The Morgan fingerprint density at radius 2 is 2.00 bits per heavy atom. The van der Waals surface area contributed by atoms with Crippen molar-refractivity contribution in [1.29, 1.82) is 0 Å². The standard InChI is InChI=1S/C21H26N4O4/c22-10-9-13-4-1-2-11-24(13)20(28)14-5-3-6-15-16(14)12-25(21(15)29)17-7-8-18(26)23-19(17)27/h3,5-6,13,17H,1-2,4,7-12,22H2,(H,23,26,27). The molecule has 0 radical (unpaired) electrons. The van der Waals surface area contributed by atoms with E-state index in [1.807, 2.05) is 4.90 Å². The van der Waals surface area contributed by atoms with Gasteiger partial charge in [0.15, 0.2) is 0 Å². The molecule has 0 spiro atoms. The second-order valence-electron chi connectivity index (χ2n) is 7.96. The molecule has 1 aromatic carbocycles. The molecule has 2 atom stereocenters. The summed E-state index contributed by atoms with van der Waals surface area (Å²) >= 11 is 0. The summed E-state index contributed by atoms with van der Waals surface area (Å²) in [6.07, 6.45) is 4.27. The smallest absolute Gasteiger partial charge is 0.255 e. The van der Waals surface area contributed by atoms with E-state index in [4.69, 9.17) is 5.73 Å². The predicted octanol–water partition coefficient (Wildman–Crippen LogP) is 0.791. The summed E-state index contributed by atoms with van der Waals surface area (Å²) < 4.78 is 0. The number of likely N-dealkylation sites (tertiary alicyclic amines) is 1. The molecule has 4 rings (SSSR count). The zero-order valence-electron chi connectivity index (χ0n) is 16.4. The average molecular weight is 398 g/mol. The van der Waals surface area contributed by atoms with Gasteiger partial charge in [0.05, 0.1) is 0 Å². The lowest BCUT2D eigenvalue weighted by Gasteiger charge is -2.36. The van der Waals surface area contributed by atoms with E-state index < -0.39 is 11.9 Å². The van der Waals surface area contributed by atoms with Crippen LogP contribution in [0.3, 0.4) is 0 Å². The molecular weight excluding hydrogens is 372 g/mol. The van der Waals surface area contributed by atoms with E-state index in [9.17, 15) is 19.2 Å². The number of hydrogen-bond acceptors (Lipinski definition) is 5. The number of nitrogens with two attached hydrogens (primary N) is 1. The van der Waals surface area contributed by atoms with Crippen LogP contribution >= 0.6 is 0 Å². The van der Waals surface area contributed by atoms with E-state index in [0.29, 0.717) is 36.2 Å². The number of nitrogens with zero attached hydrogens (tertiary/aromatic N) is 2. The number of fused-ring (bicyclic) bond motifs is 1. The third-order valence-electron chi connectivity index (χ3n) is 6.20. The van der Waals surface area contributed by atoms with Gasteiger partial charge in [-0.2, -0.15) is 0 Å². The Balaban J connectivity index is 1.60. The van der Waals surface area contributed by atoms with Crippen LogP contribution in [0, 0.1) is 0 Å². The quantitative estimate of drug-likeness (QED) is 0.728. The Morgan fingerprint density at radius 3 is 2.76 bits per heavy atom. The molecule has 3 heterocycles. The third kappa shape index (κ3) is 3.53. The minimum Gasteiger partial charge on any atom is -0.336 e. The summed E-state index contributed by atoms with van der Waals surface area (Å²) in [6.45, 7) is 1.43. The van der Waals surface area contributed by atoms with Crippen molar-refractivity contribution in [3.63, 3.8) is 0 Å². The molecule has 0 bridgehead atoms. The van der Waals surface area contributed by atoms with Gasteiger partial charge < -0.3 is 15.5 Å². The first kappa shape index (κ1) is 19.6. The number of amides is 4. The first-order valence-electron chi connectivity index (χ1n) is 10.3. The molecule has 0 saturated carbocycles. The molecule has 8 heteroatoms. The Morgan fingerprint density at radius 1 is 1.17 bits per heavy atom. The molecule has 29 heavy (non-hydrogen) atoms. The normalized spacial score (nSPS) is 24.5. The second kappa shape index (κ2) is 7.94. The van der Waals surface area contributed by atoms with Crippen molar-refractivity contribution in [2.24, 2.45) is 5.73 Å². The van der Waals surface area contributed by atoms with Crippen LogP contribution in [0.25, 0.3) is 0 Å². The van der Waals surface area contributed by atoms with Crippen LogP contribution in [0.4, 0.5) is 0 Å². The summed E-state index contributed by atoms with van der Waals surface area (Å²) in [5.41, 5.74) is 7.40. The minimum atomic E-state index is -0.685. The largest absolute Gasteiger partial charge is 0.336 e. The molecule has 3 aliphatic heterocycles. The zero-order valence-corrected chi connectivity index (χ0v) is 16.4. The van der Waals surface area contributed by atoms with Gasteiger partial charge in [-0.1, -0.05) is 6.07 Å². The third-order valence-corrected chi connectivity index (χ3v) is 6.20. The van der Waals surface area contributed by atoms with Gasteiger partial charge in [-0.25, -0.2) is 0 Å². The highest BCUT2D eigenvalue weighted by Crippen LogP contribution is 2.31. The van der Waals surface area contributed by atoms with Crippen molar-refractivity contribution >= 4 is 23.6 Å². The SMILES string of the molecule is NCCC1CCCCN1C(=O)c1cccc2c1CN(C1CCC(=O)NC1=O)C2=O. The van der Waals surface area contributed by atoms with Crippen LogP contribution in [0.15, 0.2) is 18.2 Å². The Bertz CT molecular complexity index is 866. The number of piperidine rings is 2. The maximum atomic E-state index is 13.4. The van der Waals surface area contributed by atoms with E-state index in [2.05, 4.69) is 5.32 Å². The highest BCUT2D eigenvalue weighted by Gasteiger charge is 2.41. The first-order valence-corrected chi connectivity index (χ1v) is 10.3. The van der Waals surface area contributed by atoms with Gasteiger partial charge in [0, 0.05) is 36.7 Å². The van der Waals surface area contributed by atoms with E-state index >= 15 is 0 Å². The van der Waals surface area contributed by atoms with Gasteiger partial charge in [0.2, 0.25) is 11.8 Å². The molecule has 2 fully saturated rings. The number of carbonyl (C=O) groups is 4. The monoisotopic (exact) mass is 398 g/mol. The van der Waals surface area contributed by atoms with Gasteiger partial charge in [-0.05, 0) is 56.3 Å². The molecule has 154 valence electrons. The van der Waals surface area contributed by atoms with Crippen molar-refractivity contribution < 1.29 is 19.2 Å². The zero-order chi connectivity index (χ0) is 20.5. The lowest BCUT2D eigenvalue weighted by atomic mass is 9.96. The summed E-state index contributed by atoms with van der Waals surface area (Å²) in [5, 5.41) is 2.30. The van der Waals surface area contributed by atoms with Crippen LogP contribution in [0.1, 0.15) is 64.8 Å². The summed E-state index contributed by atoms with van der Waals surface area (Å²) in [5.74, 6) is -1.10. The fraction of sp³-hybridized carbons (Fsp3) is 0.524. The summed E-state index contributed by atoms with van der Waals surface area (Å²) in [4.78, 5) is 53.4. The molecule has 2 saturated heterocycles. The molecule has 1 aromatic rings. The van der Waals surface area contributed by atoms with Crippen LogP contribution in [-0.2, 0) is 16.1 Å². The maximum absolute atomic E-state index is 13.4. The summed E-state index contributed by atoms with van der Waals surface area (Å²) in [7, 11) is 0. The van der Waals surface area contributed by atoms with Crippen LogP contribution in [0.5, 0.6) is 0 Å². The fourth-order valence-corrected chi connectivity index (χ4v) is 4.70. The summed E-state index contributed by atoms with van der Waals surface area (Å²) in [6, 6.07) is 4.63. The molecule has 0 aliphatic carbocycles. The maximum Gasteiger partial charge on any atom is 0.255 e. The number of carbonyl (C=O) groups excluding carboxylic acids is 4. The van der Waals surface area contributed by atoms with Crippen molar-refractivity contribution in [3.8, 4) is 0 Å². The fourth-order valence-electron chi connectivity index (χ4n) is 4.70. The van der Waals surface area contributed by atoms with Crippen molar-refractivity contribution in [2.75, 3.05) is 13.1 Å². The molecule has 3 aliphatic rings. The molecule has 0 aromatic heterocycles. The minimum absolute atomic E-state index is 0.0714. The van der Waals surface area contributed by atoms with E-state index in [1.165, 1.54) is 4.90 Å². The van der Waals surface area contributed by atoms with Gasteiger partial charge in [0.25, 0.3) is 11.8 Å². The van der Waals surface area contributed by atoms with Crippen molar-refractivity contribution in [1.82, 2.24) is 15.1 Å². The van der Waals surface area contributed by atoms with E-state index in [-0.39, 0.29) is 36.7 Å². The highest BCUT2D eigenvalue weighted by molar-refractivity contribution is 6.07. The molecular formula is C21H26N4O4. The van der Waals surface area contributed by atoms with Gasteiger partial charge in [0.1, 0.15) is 6.04 Å². The Labute approximate surface area is 169 Å². The predicted molar refractivity (Wildman–Crippen MR) is 105 cm³/mol. The second-order valence-corrected chi connectivity index (χ2v) is 7.96. The average Bonchev–Trinajstić information content (AvgIpc) is 3.05. The number of hydrogen-bond donors (Lipinski definition) is 2. The van der Waals surface area contributed by atoms with Crippen molar-refractivity contribution in [3.05, 3.63) is 34.9 Å². The molecule has 8 nitrogen and oxygen atoms in total. The van der Waals surface area contributed by atoms with Crippen LogP contribution in [-0.4, -0.2) is 58.6 Å². The van der Waals surface area contributed by atoms with Gasteiger partial charge >= 0.3 is 0 Å². The van der Waals surface area contributed by atoms with E-state index in [0.717, 1.165) is 25.7 Å². The molecule has 2 unspecified atom stereocenters.